The van der Waals surface area contributed by atoms with Crippen LogP contribution >= 0.6 is 0 Å². The molecule has 1 aromatic heterocycles. The normalized spacial score (nSPS) is 23.2. The fourth-order valence-corrected chi connectivity index (χ4v) is 2.68. The van der Waals surface area contributed by atoms with Gasteiger partial charge in [0.1, 0.15) is 23.0 Å². The number of aliphatic hydroxyl groups excluding tert-OH is 1. The summed E-state index contributed by atoms with van der Waals surface area (Å²) in [7, 11) is 1.18. The van der Waals surface area contributed by atoms with Gasteiger partial charge in [-0.05, 0) is 29.7 Å². The SMILES string of the molecule is COC(=O)[C@@H]1C(=O)C(=C(O)/C=C/c2ccco2)C(=O)CC1(C)C. The Morgan fingerprint density at radius 3 is 2.70 bits per heavy atom. The van der Waals surface area contributed by atoms with Crippen LogP contribution in [0.25, 0.3) is 6.08 Å². The van der Waals surface area contributed by atoms with Crippen molar-refractivity contribution >= 4 is 23.6 Å². The quantitative estimate of drug-likeness (QED) is 0.302. The number of hydrogen-bond acceptors (Lipinski definition) is 6. The minimum Gasteiger partial charge on any atom is -0.507 e. The highest BCUT2D eigenvalue weighted by molar-refractivity contribution is 6.27. The molecule has 1 fully saturated rings. The number of carbonyl (C=O) groups is 3. The number of rotatable bonds is 3. The Bertz CT molecular complexity index is 691. The first-order valence-corrected chi connectivity index (χ1v) is 7.08. The second kappa shape index (κ2) is 6.24. The molecule has 23 heavy (non-hydrogen) atoms. The lowest BCUT2D eigenvalue weighted by molar-refractivity contribution is -0.155. The van der Waals surface area contributed by atoms with Gasteiger partial charge in [-0.1, -0.05) is 13.8 Å². The van der Waals surface area contributed by atoms with Gasteiger partial charge in [-0.3, -0.25) is 14.4 Å². The zero-order valence-electron chi connectivity index (χ0n) is 13.2. The maximum atomic E-state index is 12.6. The molecule has 0 saturated heterocycles. The third-order valence-electron chi connectivity index (χ3n) is 3.83. The fraction of sp³-hybridized carbons (Fsp3) is 0.353. The van der Waals surface area contributed by atoms with Crippen molar-refractivity contribution < 1.29 is 28.6 Å². The van der Waals surface area contributed by atoms with E-state index in [2.05, 4.69) is 4.74 Å². The van der Waals surface area contributed by atoms with Crippen molar-refractivity contribution in [3.8, 4) is 0 Å². The van der Waals surface area contributed by atoms with E-state index in [9.17, 15) is 19.5 Å². The highest BCUT2D eigenvalue weighted by atomic mass is 16.5. The summed E-state index contributed by atoms with van der Waals surface area (Å²) in [5.41, 5.74) is -1.24. The van der Waals surface area contributed by atoms with Crippen molar-refractivity contribution in [1.29, 1.82) is 0 Å². The van der Waals surface area contributed by atoms with Gasteiger partial charge in [0.2, 0.25) is 0 Å². The summed E-state index contributed by atoms with van der Waals surface area (Å²) in [6.07, 6.45) is 4.05. The zero-order valence-corrected chi connectivity index (χ0v) is 13.2. The largest absolute Gasteiger partial charge is 0.507 e. The average Bonchev–Trinajstić information content (AvgIpc) is 2.96. The van der Waals surface area contributed by atoms with E-state index in [1.54, 1.807) is 26.0 Å². The molecule has 2 rings (SSSR count). The average molecular weight is 318 g/mol. The number of allylic oxidation sites excluding steroid dienone is 2. The van der Waals surface area contributed by atoms with E-state index in [4.69, 9.17) is 4.42 Å². The minimum absolute atomic E-state index is 0.0352. The van der Waals surface area contributed by atoms with E-state index in [0.29, 0.717) is 5.76 Å². The Labute approximate surface area is 133 Å². The molecule has 0 radical (unpaired) electrons. The van der Waals surface area contributed by atoms with Crippen LogP contribution in [-0.2, 0) is 19.1 Å². The zero-order chi connectivity index (χ0) is 17.2. The summed E-state index contributed by atoms with van der Waals surface area (Å²) in [6, 6.07) is 3.32. The van der Waals surface area contributed by atoms with Gasteiger partial charge in [0.15, 0.2) is 11.6 Å². The molecule has 6 heteroatoms. The molecule has 0 unspecified atom stereocenters. The van der Waals surface area contributed by atoms with Gasteiger partial charge in [-0.15, -0.1) is 0 Å². The summed E-state index contributed by atoms with van der Waals surface area (Å²) >= 11 is 0. The standard InChI is InChI=1S/C17H18O6/c1-17(2)9-12(19)13(15(20)14(17)16(21)22-3)11(18)7-6-10-5-4-8-23-10/h4-8,14,18H,9H2,1-3H3/b7-6+,13-11?/t14-/m0/s1. The van der Waals surface area contributed by atoms with Gasteiger partial charge in [0, 0.05) is 6.42 Å². The van der Waals surface area contributed by atoms with E-state index in [1.807, 2.05) is 0 Å². The summed E-state index contributed by atoms with van der Waals surface area (Å²) in [5.74, 6) is -3.09. The van der Waals surface area contributed by atoms with Crippen LogP contribution in [-0.4, -0.2) is 29.8 Å². The van der Waals surface area contributed by atoms with Crippen LogP contribution in [0.3, 0.4) is 0 Å². The summed E-state index contributed by atoms with van der Waals surface area (Å²) in [4.78, 5) is 36.7. The first kappa shape index (κ1) is 16.7. The molecule has 0 aliphatic heterocycles. The van der Waals surface area contributed by atoms with E-state index in [-0.39, 0.29) is 12.0 Å². The number of ketones is 2. The first-order valence-electron chi connectivity index (χ1n) is 7.08. The summed E-state index contributed by atoms with van der Waals surface area (Å²) in [5, 5.41) is 10.1. The molecular weight excluding hydrogens is 300 g/mol. The molecule has 122 valence electrons. The van der Waals surface area contributed by atoms with Crippen molar-refractivity contribution in [2.24, 2.45) is 11.3 Å². The Hall–Kier alpha value is -2.63. The lowest BCUT2D eigenvalue weighted by Gasteiger charge is -2.35. The highest BCUT2D eigenvalue weighted by Gasteiger charge is 2.50. The van der Waals surface area contributed by atoms with E-state index in [1.165, 1.54) is 25.5 Å². The molecule has 1 atom stereocenters. The molecule has 0 aromatic carbocycles. The number of furan rings is 1. The van der Waals surface area contributed by atoms with Crippen molar-refractivity contribution in [2.45, 2.75) is 20.3 Å². The molecule has 0 bridgehead atoms. The predicted octanol–water partition coefficient (Wildman–Crippen LogP) is 2.46. The fourth-order valence-electron chi connectivity index (χ4n) is 2.68. The molecule has 1 aromatic rings. The number of hydrogen-bond donors (Lipinski definition) is 1. The third-order valence-corrected chi connectivity index (χ3v) is 3.83. The van der Waals surface area contributed by atoms with Crippen LogP contribution in [0.1, 0.15) is 26.0 Å². The maximum Gasteiger partial charge on any atom is 0.317 e. The van der Waals surface area contributed by atoms with Crippen molar-refractivity contribution in [1.82, 2.24) is 0 Å². The number of esters is 1. The van der Waals surface area contributed by atoms with Crippen LogP contribution in [0.2, 0.25) is 0 Å². The molecule has 1 saturated carbocycles. The molecule has 0 amide bonds. The molecule has 1 heterocycles. The van der Waals surface area contributed by atoms with Crippen LogP contribution < -0.4 is 0 Å². The van der Waals surface area contributed by atoms with Gasteiger partial charge in [-0.2, -0.15) is 0 Å². The number of aliphatic hydroxyl groups is 1. The number of Topliss-reactive ketones (excluding diaryl/α,β-unsaturated/α-hetero) is 2. The molecule has 1 aliphatic carbocycles. The number of ether oxygens (including phenoxy) is 1. The number of carbonyl (C=O) groups excluding carboxylic acids is 3. The number of methoxy groups -OCH3 is 1. The smallest absolute Gasteiger partial charge is 0.317 e. The second-order valence-corrected chi connectivity index (χ2v) is 6.02. The maximum absolute atomic E-state index is 12.6. The van der Waals surface area contributed by atoms with Crippen molar-refractivity contribution in [3.05, 3.63) is 41.6 Å². The van der Waals surface area contributed by atoms with Gasteiger partial charge >= 0.3 is 5.97 Å². The van der Waals surface area contributed by atoms with Crippen LogP contribution in [0.5, 0.6) is 0 Å². The molecule has 1 N–H and O–H groups in total. The van der Waals surface area contributed by atoms with E-state index < -0.39 is 34.6 Å². The Morgan fingerprint density at radius 1 is 1.43 bits per heavy atom. The van der Waals surface area contributed by atoms with Crippen LogP contribution in [0, 0.1) is 11.3 Å². The lowest BCUT2D eigenvalue weighted by atomic mass is 9.65. The third kappa shape index (κ3) is 3.26. The van der Waals surface area contributed by atoms with Gasteiger partial charge in [0.05, 0.1) is 13.4 Å². The second-order valence-electron chi connectivity index (χ2n) is 6.02. The lowest BCUT2D eigenvalue weighted by Crippen LogP contribution is -2.46. The van der Waals surface area contributed by atoms with E-state index >= 15 is 0 Å². The van der Waals surface area contributed by atoms with Gasteiger partial charge in [0.25, 0.3) is 0 Å². The van der Waals surface area contributed by atoms with Crippen molar-refractivity contribution in [3.63, 3.8) is 0 Å². The van der Waals surface area contributed by atoms with E-state index in [0.717, 1.165) is 0 Å². The van der Waals surface area contributed by atoms with Crippen LogP contribution in [0.4, 0.5) is 0 Å². The molecule has 1 aliphatic rings. The van der Waals surface area contributed by atoms with Crippen molar-refractivity contribution in [2.75, 3.05) is 7.11 Å². The summed E-state index contributed by atoms with van der Waals surface area (Å²) in [6.45, 7) is 3.30. The monoisotopic (exact) mass is 318 g/mol. The van der Waals surface area contributed by atoms with Crippen LogP contribution in [0.15, 0.2) is 40.2 Å². The Balaban J connectivity index is 2.41. The molecular formula is C17H18O6. The minimum atomic E-state index is -1.13. The highest BCUT2D eigenvalue weighted by Crippen LogP contribution is 2.40. The van der Waals surface area contributed by atoms with Gasteiger partial charge in [-0.25, -0.2) is 0 Å². The van der Waals surface area contributed by atoms with Gasteiger partial charge < -0.3 is 14.3 Å². The Morgan fingerprint density at radius 2 is 2.13 bits per heavy atom. The Kier molecular flexibility index (Phi) is 4.54. The first-order chi connectivity index (χ1) is 10.8. The molecule has 6 nitrogen and oxygen atoms in total. The summed E-state index contributed by atoms with van der Waals surface area (Å²) < 4.78 is 9.74. The predicted molar refractivity (Wildman–Crippen MR) is 81.3 cm³/mol. The molecule has 0 spiro atoms. The topological polar surface area (TPSA) is 93.8 Å².